The first-order chi connectivity index (χ1) is 14.9. The Hall–Kier alpha value is -3.13. The van der Waals surface area contributed by atoms with Crippen molar-refractivity contribution in [1.82, 2.24) is 4.98 Å². The van der Waals surface area contributed by atoms with Crippen LogP contribution in [0, 0.1) is 0 Å². The molecular weight excluding hydrogens is 396 g/mol. The smallest absolute Gasteiger partial charge is 0.267 e. The van der Waals surface area contributed by atoms with Gasteiger partial charge >= 0.3 is 0 Å². The van der Waals surface area contributed by atoms with Crippen LogP contribution in [-0.4, -0.2) is 54.7 Å². The molecule has 2 aromatic rings. The van der Waals surface area contributed by atoms with Crippen LogP contribution in [0.5, 0.6) is 5.75 Å². The Bertz CT molecular complexity index is 939. The molecule has 2 amide bonds. The predicted octanol–water partition coefficient (Wildman–Crippen LogP) is 2.84. The van der Waals surface area contributed by atoms with Crippen LogP contribution in [0.1, 0.15) is 27.2 Å². The Balaban J connectivity index is 1.35. The second-order valence-corrected chi connectivity index (χ2v) is 8.08. The van der Waals surface area contributed by atoms with Crippen molar-refractivity contribution in [3.63, 3.8) is 0 Å². The molecule has 4 rings (SSSR count). The van der Waals surface area contributed by atoms with E-state index in [9.17, 15) is 9.59 Å². The van der Waals surface area contributed by atoms with E-state index in [1.54, 1.807) is 18.0 Å². The highest BCUT2D eigenvalue weighted by molar-refractivity contribution is 6.00. The van der Waals surface area contributed by atoms with E-state index in [-0.39, 0.29) is 37.0 Å². The highest BCUT2D eigenvalue weighted by atomic mass is 16.5. The lowest BCUT2D eigenvalue weighted by Crippen LogP contribution is -2.45. The minimum atomic E-state index is -0.569. The summed E-state index contributed by atoms with van der Waals surface area (Å²) < 4.78 is 11.4. The van der Waals surface area contributed by atoms with Gasteiger partial charge in [-0.25, -0.2) is 4.98 Å². The molecule has 1 aromatic heterocycles. The number of pyridine rings is 1. The van der Waals surface area contributed by atoms with E-state index in [0.29, 0.717) is 17.1 Å². The molecule has 2 aliphatic heterocycles. The number of nitrogens with one attached hydrogen (secondary N) is 1. The number of ether oxygens (including phenoxy) is 2. The molecular formula is C23H28N4O4. The minimum Gasteiger partial charge on any atom is -0.479 e. The van der Waals surface area contributed by atoms with Crippen molar-refractivity contribution >= 4 is 29.0 Å². The summed E-state index contributed by atoms with van der Waals surface area (Å²) in [6.45, 7) is 7.68. The van der Waals surface area contributed by atoms with Gasteiger partial charge < -0.3 is 24.6 Å². The van der Waals surface area contributed by atoms with Crippen molar-refractivity contribution in [3.05, 3.63) is 42.6 Å². The van der Waals surface area contributed by atoms with Gasteiger partial charge in [0.25, 0.3) is 5.91 Å². The number of morpholine rings is 1. The highest BCUT2D eigenvalue weighted by Gasteiger charge is 2.31. The molecule has 0 saturated carbocycles. The first kappa shape index (κ1) is 21.1. The lowest BCUT2D eigenvalue weighted by Gasteiger charge is -2.36. The predicted molar refractivity (Wildman–Crippen MR) is 119 cm³/mol. The quantitative estimate of drug-likeness (QED) is 0.795. The van der Waals surface area contributed by atoms with Crippen molar-refractivity contribution in [2.75, 3.05) is 34.8 Å². The van der Waals surface area contributed by atoms with Crippen LogP contribution < -0.4 is 19.9 Å². The van der Waals surface area contributed by atoms with E-state index in [1.165, 1.54) is 0 Å². The zero-order chi connectivity index (χ0) is 22.0. The molecule has 1 aromatic carbocycles. The maximum absolute atomic E-state index is 12.5. The number of carbonyl (C=O) groups excluding carboxylic acids is 2. The number of anilines is 3. The van der Waals surface area contributed by atoms with E-state index < -0.39 is 6.10 Å². The largest absolute Gasteiger partial charge is 0.479 e. The summed E-state index contributed by atoms with van der Waals surface area (Å²) in [7, 11) is 0. The standard InChI is InChI=1S/C23H28N4O4/c1-15-13-26(14-16(2)30-15)21-9-8-18(12-24-21)25-22(28)10-11-27-19-6-4-5-7-20(19)31-17(3)23(27)29/h4-9,12,15-17H,10-11,13-14H2,1-3H3,(H,25,28). The van der Waals surface area contributed by atoms with Crippen molar-refractivity contribution in [2.24, 2.45) is 0 Å². The van der Waals surface area contributed by atoms with Crippen molar-refractivity contribution < 1.29 is 19.1 Å². The fourth-order valence-electron chi connectivity index (χ4n) is 4.04. The van der Waals surface area contributed by atoms with Gasteiger partial charge in [0.1, 0.15) is 11.6 Å². The molecule has 1 N–H and O–H groups in total. The Morgan fingerprint density at radius 1 is 1.13 bits per heavy atom. The Morgan fingerprint density at radius 3 is 2.58 bits per heavy atom. The second-order valence-electron chi connectivity index (χ2n) is 8.08. The molecule has 0 radical (unpaired) electrons. The van der Waals surface area contributed by atoms with Crippen LogP contribution in [0.25, 0.3) is 0 Å². The van der Waals surface area contributed by atoms with Crippen molar-refractivity contribution in [3.8, 4) is 5.75 Å². The second kappa shape index (κ2) is 8.93. The molecule has 31 heavy (non-hydrogen) atoms. The summed E-state index contributed by atoms with van der Waals surface area (Å²) in [5.74, 6) is 1.20. The van der Waals surface area contributed by atoms with Gasteiger partial charge in [0, 0.05) is 26.1 Å². The number of hydrogen-bond acceptors (Lipinski definition) is 6. The third-order valence-corrected chi connectivity index (χ3v) is 5.41. The van der Waals surface area contributed by atoms with Crippen molar-refractivity contribution in [2.45, 2.75) is 45.5 Å². The number of hydrogen-bond donors (Lipinski definition) is 1. The molecule has 2 aliphatic rings. The Kier molecular flexibility index (Phi) is 6.08. The van der Waals surface area contributed by atoms with Gasteiger partial charge in [-0.05, 0) is 45.0 Å². The number of aromatic nitrogens is 1. The number of nitrogens with zero attached hydrogens (tertiary/aromatic N) is 3. The van der Waals surface area contributed by atoms with Crippen molar-refractivity contribution in [1.29, 1.82) is 0 Å². The van der Waals surface area contributed by atoms with Gasteiger partial charge in [0.05, 0.1) is 29.8 Å². The molecule has 8 heteroatoms. The molecule has 3 atom stereocenters. The molecule has 3 heterocycles. The summed E-state index contributed by atoms with van der Waals surface area (Å²) in [5, 5.41) is 2.87. The summed E-state index contributed by atoms with van der Waals surface area (Å²) >= 11 is 0. The highest BCUT2D eigenvalue weighted by Crippen LogP contribution is 2.33. The molecule has 0 spiro atoms. The van der Waals surface area contributed by atoms with Gasteiger partial charge in [0.2, 0.25) is 5.91 Å². The Labute approximate surface area is 182 Å². The SMILES string of the molecule is CC1CN(c2ccc(NC(=O)CCN3C(=O)C(C)Oc4ccccc43)cn2)CC(C)O1. The van der Waals surface area contributed by atoms with Gasteiger partial charge in [0.15, 0.2) is 6.10 Å². The van der Waals surface area contributed by atoms with Crippen LogP contribution in [0.3, 0.4) is 0 Å². The Morgan fingerprint density at radius 2 is 1.87 bits per heavy atom. The molecule has 1 fully saturated rings. The van der Waals surface area contributed by atoms with Gasteiger partial charge in [-0.3, -0.25) is 9.59 Å². The lowest BCUT2D eigenvalue weighted by atomic mass is 10.1. The summed E-state index contributed by atoms with van der Waals surface area (Å²) in [6.07, 6.45) is 1.57. The van der Waals surface area contributed by atoms with E-state index in [4.69, 9.17) is 9.47 Å². The average molecular weight is 425 g/mol. The van der Waals surface area contributed by atoms with Gasteiger partial charge in [-0.2, -0.15) is 0 Å². The minimum absolute atomic E-state index is 0.147. The van der Waals surface area contributed by atoms with Crippen LogP contribution in [0.15, 0.2) is 42.6 Å². The number of amides is 2. The molecule has 3 unspecified atom stereocenters. The van der Waals surface area contributed by atoms with Crippen LogP contribution in [0.2, 0.25) is 0 Å². The summed E-state index contributed by atoms with van der Waals surface area (Å²) in [4.78, 5) is 33.3. The van der Waals surface area contributed by atoms with Crippen LogP contribution in [0.4, 0.5) is 17.2 Å². The molecule has 164 valence electrons. The van der Waals surface area contributed by atoms with E-state index >= 15 is 0 Å². The summed E-state index contributed by atoms with van der Waals surface area (Å²) in [5.41, 5.74) is 1.32. The first-order valence-corrected chi connectivity index (χ1v) is 10.6. The number of para-hydroxylation sites is 2. The van der Waals surface area contributed by atoms with E-state index in [2.05, 4.69) is 29.0 Å². The zero-order valence-corrected chi connectivity index (χ0v) is 18.1. The number of fused-ring (bicyclic) bond motifs is 1. The monoisotopic (exact) mass is 424 g/mol. The first-order valence-electron chi connectivity index (χ1n) is 10.6. The molecule has 8 nitrogen and oxygen atoms in total. The average Bonchev–Trinajstić information content (AvgIpc) is 2.74. The maximum atomic E-state index is 12.5. The van der Waals surface area contributed by atoms with Gasteiger partial charge in [-0.1, -0.05) is 12.1 Å². The van der Waals surface area contributed by atoms with Crippen LogP contribution >= 0.6 is 0 Å². The maximum Gasteiger partial charge on any atom is 0.267 e. The van der Waals surface area contributed by atoms with Gasteiger partial charge in [-0.15, -0.1) is 0 Å². The third-order valence-electron chi connectivity index (χ3n) is 5.41. The molecule has 0 aliphatic carbocycles. The molecule has 1 saturated heterocycles. The lowest BCUT2D eigenvalue weighted by molar-refractivity contribution is -0.125. The topological polar surface area (TPSA) is 84.0 Å². The zero-order valence-electron chi connectivity index (χ0n) is 18.1. The number of rotatable bonds is 5. The van der Waals surface area contributed by atoms with E-state index in [0.717, 1.165) is 18.9 Å². The molecule has 0 bridgehead atoms. The van der Waals surface area contributed by atoms with Crippen LogP contribution in [-0.2, 0) is 14.3 Å². The summed E-state index contributed by atoms with van der Waals surface area (Å²) in [6, 6.07) is 11.1. The normalized spacial score (nSPS) is 23.2. The fraction of sp³-hybridized carbons (Fsp3) is 0.435. The third kappa shape index (κ3) is 4.80. The number of benzene rings is 1. The number of carbonyl (C=O) groups is 2. The van der Waals surface area contributed by atoms with E-state index in [1.807, 2.05) is 36.4 Å². The fourth-order valence-corrected chi connectivity index (χ4v) is 4.04.